The Hall–Kier alpha value is -2.74. The van der Waals surface area contributed by atoms with Crippen LogP contribution in [0.15, 0.2) is 60.7 Å². The van der Waals surface area contributed by atoms with E-state index in [1.165, 1.54) is 5.56 Å². The third-order valence-electron chi connectivity index (χ3n) is 7.86. The standard InChI is InChI=1S/C29H37N3O4/c33-27-26(22-35-21-24-10-5-2-6-11-24)30-28(34)29(32(27)20-25-12-7-19-36-25)14-17-31(18-15-29)16-13-23-8-3-1-4-9-23/h1-6,8-11,25-26H,7,12-22H2,(H,30,34). The first-order valence-corrected chi connectivity index (χ1v) is 13.3. The Bertz CT molecular complexity index is 1000. The van der Waals surface area contributed by atoms with Crippen LogP contribution < -0.4 is 5.32 Å². The maximum Gasteiger partial charge on any atom is 0.248 e. The molecule has 0 saturated carbocycles. The van der Waals surface area contributed by atoms with Crippen molar-refractivity contribution >= 4 is 11.8 Å². The molecule has 2 atom stereocenters. The lowest BCUT2D eigenvalue weighted by molar-refractivity contribution is -0.165. The molecule has 3 aliphatic heterocycles. The molecule has 0 aromatic heterocycles. The van der Waals surface area contributed by atoms with E-state index in [4.69, 9.17) is 9.47 Å². The van der Waals surface area contributed by atoms with E-state index >= 15 is 0 Å². The Morgan fingerprint density at radius 1 is 0.972 bits per heavy atom. The maximum atomic E-state index is 13.7. The molecule has 7 nitrogen and oxygen atoms in total. The number of hydrogen-bond donors (Lipinski definition) is 1. The van der Waals surface area contributed by atoms with Gasteiger partial charge in [0.2, 0.25) is 11.8 Å². The molecule has 7 heteroatoms. The van der Waals surface area contributed by atoms with Gasteiger partial charge in [-0.25, -0.2) is 0 Å². The van der Waals surface area contributed by atoms with Gasteiger partial charge in [0.25, 0.3) is 0 Å². The van der Waals surface area contributed by atoms with Gasteiger partial charge < -0.3 is 24.6 Å². The summed E-state index contributed by atoms with van der Waals surface area (Å²) in [6, 6.07) is 19.7. The zero-order chi connectivity index (χ0) is 24.8. The average molecular weight is 492 g/mol. The summed E-state index contributed by atoms with van der Waals surface area (Å²) in [6.45, 7) is 4.33. The Balaban J connectivity index is 1.23. The number of carbonyl (C=O) groups excluding carboxylic acids is 2. The fourth-order valence-corrected chi connectivity index (χ4v) is 5.69. The minimum atomic E-state index is -0.803. The van der Waals surface area contributed by atoms with Crippen molar-refractivity contribution in [3.8, 4) is 0 Å². The quantitative estimate of drug-likeness (QED) is 0.584. The molecule has 0 radical (unpaired) electrons. The monoisotopic (exact) mass is 491 g/mol. The van der Waals surface area contributed by atoms with E-state index in [1.54, 1.807) is 0 Å². The highest BCUT2D eigenvalue weighted by atomic mass is 16.5. The van der Waals surface area contributed by atoms with Crippen LogP contribution in [0.2, 0.25) is 0 Å². The molecule has 3 aliphatic rings. The van der Waals surface area contributed by atoms with Crippen LogP contribution in [0.25, 0.3) is 0 Å². The molecule has 2 amide bonds. The van der Waals surface area contributed by atoms with Gasteiger partial charge in [0.1, 0.15) is 11.6 Å². The molecular formula is C29H37N3O4. The van der Waals surface area contributed by atoms with E-state index in [0.29, 0.717) is 26.0 Å². The highest BCUT2D eigenvalue weighted by Crippen LogP contribution is 2.34. The van der Waals surface area contributed by atoms with Gasteiger partial charge in [-0.3, -0.25) is 9.59 Å². The maximum absolute atomic E-state index is 13.7. The molecule has 3 saturated heterocycles. The predicted molar refractivity (Wildman–Crippen MR) is 137 cm³/mol. The first-order chi connectivity index (χ1) is 17.6. The normalized spacial score (nSPS) is 24.3. The molecule has 2 aromatic rings. The van der Waals surface area contributed by atoms with Gasteiger partial charge in [0.15, 0.2) is 0 Å². The zero-order valence-corrected chi connectivity index (χ0v) is 20.9. The number of hydrogen-bond acceptors (Lipinski definition) is 5. The molecule has 3 fully saturated rings. The van der Waals surface area contributed by atoms with Crippen molar-refractivity contribution in [1.82, 2.24) is 15.1 Å². The second kappa shape index (κ2) is 11.5. The molecule has 0 bridgehead atoms. The van der Waals surface area contributed by atoms with E-state index in [0.717, 1.165) is 51.1 Å². The highest BCUT2D eigenvalue weighted by Gasteiger charge is 2.54. The minimum Gasteiger partial charge on any atom is -0.376 e. The number of piperazine rings is 1. The van der Waals surface area contributed by atoms with Crippen molar-refractivity contribution in [2.45, 2.75) is 56.4 Å². The fourth-order valence-electron chi connectivity index (χ4n) is 5.69. The minimum absolute atomic E-state index is 0.00118. The molecule has 3 heterocycles. The topological polar surface area (TPSA) is 71.1 Å². The van der Waals surface area contributed by atoms with Crippen LogP contribution >= 0.6 is 0 Å². The van der Waals surface area contributed by atoms with Crippen molar-refractivity contribution in [2.24, 2.45) is 0 Å². The summed E-state index contributed by atoms with van der Waals surface area (Å²) in [6.07, 6.45) is 4.20. The first-order valence-electron chi connectivity index (χ1n) is 13.3. The lowest BCUT2D eigenvalue weighted by atomic mass is 9.81. The van der Waals surface area contributed by atoms with Crippen LogP contribution in [0.5, 0.6) is 0 Å². The molecule has 36 heavy (non-hydrogen) atoms. The van der Waals surface area contributed by atoms with E-state index in [9.17, 15) is 9.59 Å². The molecular weight excluding hydrogens is 454 g/mol. The van der Waals surface area contributed by atoms with Crippen LogP contribution in [0.1, 0.15) is 36.8 Å². The summed E-state index contributed by atoms with van der Waals surface area (Å²) >= 11 is 0. The first kappa shape index (κ1) is 24.9. The molecule has 5 rings (SSSR count). The molecule has 2 unspecified atom stereocenters. The number of carbonyl (C=O) groups is 2. The molecule has 192 valence electrons. The number of amides is 2. The number of rotatable bonds is 9. The number of benzene rings is 2. The van der Waals surface area contributed by atoms with Gasteiger partial charge in [-0.2, -0.15) is 0 Å². The van der Waals surface area contributed by atoms with E-state index in [2.05, 4.69) is 34.5 Å². The van der Waals surface area contributed by atoms with E-state index < -0.39 is 11.6 Å². The molecule has 1 spiro atoms. The second-order valence-corrected chi connectivity index (χ2v) is 10.2. The Morgan fingerprint density at radius 2 is 1.67 bits per heavy atom. The summed E-state index contributed by atoms with van der Waals surface area (Å²) < 4.78 is 11.8. The number of ether oxygens (including phenoxy) is 2. The average Bonchev–Trinajstić information content (AvgIpc) is 3.44. The SMILES string of the molecule is O=C1C(COCc2ccccc2)NC(=O)C2(CCN(CCc3ccccc3)CC2)N1CC1CCCO1. The van der Waals surface area contributed by atoms with Crippen LogP contribution in [-0.2, 0) is 32.1 Å². The second-order valence-electron chi connectivity index (χ2n) is 10.2. The third kappa shape index (κ3) is 5.64. The molecule has 1 N–H and O–H groups in total. The highest BCUT2D eigenvalue weighted by molar-refractivity contribution is 6.00. The molecule has 0 aliphatic carbocycles. The summed E-state index contributed by atoms with van der Waals surface area (Å²) in [7, 11) is 0. The Labute approximate surface area is 213 Å². The van der Waals surface area contributed by atoms with Gasteiger partial charge in [-0.1, -0.05) is 60.7 Å². The largest absolute Gasteiger partial charge is 0.376 e. The zero-order valence-electron chi connectivity index (χ0n) is 20.9. The Morgan fingerprint density at radius 3 is 2.33 bits per heavy atom. The predicted octanol–water partition coefficient (Wildman–Crippen LogP) is 2.79. The van der Waals surface area contributed by atoms with Crippen molar-refractivity contribution in [1.29, 1.82) is 0 Å². The summed E-state index contributed by atoms with van der Waals surface area (Å²) in [5.74, 6) is -0.0907. The fraction of sp³-hybridized carbons (Fsp3) is 0.517. The lowest BCUT2D eigenvalue weighted by Gasteiger charge is -2.52. The number of nitrogens with zero attached hydrogens (tertiary/aromatic N) is 2. The van der Waals surface area contributed by atoms with Gasteiger partial charge >= 0.3 is 0 Å². The van der Waals surface area contributed by atoms with E-state index in [1.807, 2.05) is 41.3 Å². The summed E-state index contributed by atoms with van der Waals surface area (Å²) in [4.78, 5) is 31.6. The third-order valence-corrected chi connectivity index (χ3v) is 7.86. The number of nitrogens with one attached hydrogen (secondary N) is 1. The van der Waals surface area contributed by atoms with Crippen molar-refractivity contribution in [3.05, 3.63) is 71.8 Å². The number of piperidine rings is 1. The molecule has 2 aromatic carbocycles. The van der Waals surface area contributed by atoms with Crippen LogP contribution in [0, 0.1) is 0 Å². The van der Waals surface area contributed by atoms with Gasteiger partial charge in [-0.15, -0.1) is 0 Å². The smallest absolute Gasteiger partial charge is 0.248 e. The van der Waals surface area contributed by atoms with Crippen molar-refractivity contribution in [2.75, 3.05) is 39.4 Å². The van der Waals surface area contributed by atoms with Crippen molar-refractivity contribution in [3.63, 3.8) is 0 Å². The van der Waals surface area contributed by atoms with Gasteiger partial charge in [0.05, 0.1) is 19.3 Å². The van der Waals surface area contributed by atoms with Crippen LogP contribution in [0.4, 0.5) is 0 Å². The number of likely N-dealkylation sites (tertiary alicyclic amines) is 1. The van der Waals surface area contributed by atoms with E-state index in [-0.39, 0.29) is 24.5 Å². The van der Waals surface area contributed by atoms with Gasteiger partial charge in [-0.05, 0) is 43.2 Å². The summed E-state index contributed by atoms with van der Waals surface area (Å²) in [5.41, 5.74) is 1.56. The van der Waals surface area contributed by atoms with Crippen molar-refractivity contribution < 1.29 is 19.1 Å². The van der Waals surface area contributed by atoms with Gasteiger partial charge in [0, 0.05) is 32.8 Å². The Kier molecular flexibility index (Phi) is 7.99. The van der Waals surface area contributed by atoms with Crippen LogP contribution in [0.3, 0.4) is 0 Å². The lowest BCUT2D eigenvalue weighted by Crippen LogP contribution is -2.74. The summed E-state index contributed by atoms with van der Waals surface area (Å²) in [5, 5.41) is 3.03. The van der Waals surface area contributed by atoms with Crippen LogP contribution in [-0.4, -0.2) is 78.7 Å².